The van der Waals surface area contributed by atoms with Gasteiger partial charge in [-0.1, -0.05) is 17.7 Å². The fourth-order valence-corrected chi connectivity index (χ4v) is 4.06. The Morgan fingerprint density at radius 2 is 1.78 bits per heavy atom. The first kappa shape index (κ1) is 17.0. The van der Waals surface area contributed by atoms with E-state index < -0.39 is 5.79 Å². The van der Waals surface area contributed by atoms with Crippen molar-refractivity contribution in [2.75, 3.05) is 26.3 Å². The third-order valence-corrected chi connectivity index (χ3v) is 5.86. The Hall–Kier alpha value is -2.18. The van der Waals surface area contributed by atoms with E-state index in [0.29, 0.717) is 37.9 Å². The molecule has 1 amide bonds. The molecule has 142 valence electrons. The molecule has 1 saturated carbocycles. The minimum absolute atomic E-state index is 0.00982. The van der Waals surface area contributed by atoms with Gasteiger partial charge >= 0.3 is 0 Å². The summed E-state index contributed by atoms with van der Waals surface area (Å²) in [5.74, 6) is 0.0675. The van der Waals surface area contributed by atoms with Crippen LogP contribution in [0.1, 0.15) is 53.3 Å². The number of piperidine rings is 1. The molecule has 2 saturated heterocycles. The Morgan fingerprint density at radius 1 is 1.11 bits per heavy atom. The van der Waals surface area contributed by atoms with Crippen LogP contribution in [0, 0.1) is 6.92 Å². The van der Waals surface area contributed by atoms with Crippen LogP contribution in [0.5, 0.6) is 0 Å². The Labute approximate surface area is 159 Å². The molecule has 2 aromatic rings. The maximum absolute atomic E-state index is 13.1. The van der Waals surface area contributed by atoms with Gasteiger partial charge in [0.05, 0.1) is 18.9 Å². The lowest BCUT2D eigenvalue weighted by atomic mass is 10.0. The SMILES string of the molecule is Cc1ccc(-n2nc(C(=O)N3CCC4(CC3)OCCO4)cc2C2CC2)cc1. The van der Waals surface area contributed by atoms with Crippen molar-refractivity contribution in [3.8, 4) is 5.69 Å². The molecule has 1 aliphatic carbocycles. The van der Waals surface area contributed by atoms with Crippen molar-refractivity contribution in [2.45, 2.75) is 44.3 Å². The number of likely N-dealkylation sites (tertiary alicyclic amines) is 1. The normalized spacial score (nSPS) is 21.7. The van der Waals surface area contributed by atoms with Gasteiger partial charge in [0.2, 0.25) is 0 Å². The van der Waals surface area contributed by atoms with Crippen molar-refractivity contribution in [1.82, 2.24) is 14.7 Å². The summed E-state index contributed by atoms with van der Waals surface area (Å²) in [5.41, 5.74) is 3.93. The maximum atomic E-state index is 13.1. The molecule has 6 nitrogen and oxygen atoms in total. The van der Waals surface area contributed by atoms with Crippen molar-refractivity contribution in [3.63, 3.8) is 0 Å². The third-order valence-electron chi connectivity index (χ3n) is 5.86. The molecule has 1 spiro atoms. The molecule has 0 N–H and O–H groups in total. The molecule has 27 heavy (non-hydrogen) atoms. The van der Waals surface area contributed by atoms with Crippen LogP contribution in [0.3, 0.4) is 0 Å². The molecule has 1 aromatic heterocycles. The number of carbonyl (C=O) groups excluding carboxylic acids is 1. The van der Waals surface area contributed by atoms with Gasteiger partial charge in [0.1, 0.15) is 0 Å². The van der Waals surface area contributed by atoms with E-state index in [1.54, 1.807) is 0 Å². The van der Waals surface area contributed by atoms with Crippen molar-refractivity contribution in [3.05, 3.63) is 47.3 Å². The fraction of sp³-hybridized carbons (Fsp3) is 0.524. The molecule has 1 aromatic carbocycles. The van der Waals surface area contributed by atoms with Gasteiger partial charge in [-0.25, -0.2) is 4.68 Å². The second kappa shape index (κ2) is 6.46. The van der Waals surface area contributed by atoms with Crippen molar-refractivity contribution in [2.24, 2.45) is 0 Å². The summed E-state index contributed by atoms with van der Waals surface area (Å²) in [6.45, 7) is 4.67. The number of aromatic nitrogens is 2. The molecule has 0 atom stereocenters. The van der Waals surface area contributed by atoms with E-state index in [0.717, 1.165) is 24.2 Å². The van der Waals surface area contributed by atoms with E-state index in [4.69, 9.17) is 14.6 Å². The second-order valence-electron chi connectivity index (χ2n) is 7.88. The summed E-state index contributed by atoms with van der Waals surface area (Å²) in [4.78, 5) is 14.9. The standard InChI is InChI=1S/C21H25N3O3/c1-15-2-6-17(7-3-15)24-19(16-4-5-16)14-18(22-24)20(25)23-10-8-21(9-11-23)26-12-13-27-21/h2-3,6-7,14,16H,4-5,8-13H2,1H3. The topological polar surface area (TPSA) is 56.6 Å². The lowest BCUT2D eigenvalue weighted by Gasteiger charge is -2.37. The second-order valence-corrected chi connectivity index (χ2v) is 7.88. The zero-order valence-corrected chi connectivity index (χ0v) is 15.7. The first-order valence-corrected chi connectivity index (χ1v) is 9.88. The molecule has 0 radical (unpaired) electrons. The first-order valence-electron chi connectivity index (χ1n) is 9.88. The van der Waals surface area contributed by atoms with E-state index in [1.807, 2.05) is 15.6 Å². The van der Waals surface area contributed by atoms with E-state index >= 15 is 0 Å². The summed E-state index contributed by atoms with van der Waals surface area (Å²) < 4.78 is 13.5. The Balaban J connectivity index is 1.38. The highest BCUT2D eigenvalue weighted by molar-refractivity contribution is 5.92. The summed E-state index contributed by atoms with van der Waals surface area (Å²) in [5, 5.41) is 4.70. The van der Waals surface area contributed by atoms with Crippen LogP contribution in [0.4, 0.5) is 0 Å². The van der Waals surface area contributed by atoms with Gasteiger partial charge in [0, 0.05) is 37.5 Å². The average Bonchev–Trinajstić information content (AvgIpc) is 3.28. The van der Waals surface area contributed by atoms with E-state index in [1.165, 1.54) is 18.4 Å². The van der Waals surface area contributed by atoms with Crippen molar-refractivity contribution in [1.29, 1.82) is 0 Å². The van der Waals surface area contributed by atoms with Gasteiger partial charge in [0.25, 0.3) is 5.91 Å². The predicted molar refractivity (Wildman–Crippen MR) is 100 cm³/mol. The average molecular weight is 367 g/mol. The highest BCUT2D eigenvalue weighted by Gasteiger charge is 2.41. The smallest absolute Gasteiger partial charge is 0.274 e. The first-order chi connectivity index (χ1) is 13.1. The summed E-state index contributed by atoms with van der Waals surface area (Å²) >= 11 is 0. The number of nitrogens with zero attached hydrogens (tertiary/aromatic N) is 3. The van der Waals surface area contributed by atoms with Crippen molar-refractivity contribution >= 4 is 5.91 Å². The summed E-state index contributed by atoms with van der Waals surface area (Å²) in [7, 11) is 0. The van der Waals surface area contributed by atoms with E-state index in [9.17, 15) is 4.79 Å². The number of carbonyl (C=O) groups is 1. The molecule has 5 rings (SSSR count). The number of rotatable bonds is 3. The molecular weight excluding hydrogens is 342 g/mol. The molecule has 3 aliphatic rings. The molecule has 0 unspecified atom stereocenters. The fourth-order valence-electron chi connectivity index (χ4n) is 4.06. The monoisotopic (exact) mass is 367 g/mol. The lowest BCUT2D eigenvalue weighted by molar-refractivity contribution is -0.181. The van der Waals surface area contributed by atoms with Crippen molar-refractivity contribution < 1.29 is 14.3 Å². The lowest BCUT2D eigenvalue weighted by Crippen LogP contribution is -2.47. The van der Waals surface area contributed by atoms with Crippen LogP contribution < -0.4 is 0 Å². The number of amides is 1. The van der Waals surface area contributed by atoms with Gasteiger partial charge in [-0.2, -0.15) is 5.10 Å². The van der Waals surface area contributed by atoms with Gasteiger partial charge in [-0.05, 0) is 38.0 Å². The van der Waals surface area contributed by atoms with Crippen LogP contribution in [0.25, 0.3) is 5.69 Å². The molecule has 3 fully saturated rings. The maximum Gasteiger partial charge on any atom is 0.274 e. The highest BCUT2D eigenvalue weighted by atomic mass is 16.7. The Bertz CT molecular complexity index is 838. The summed E-state index contributed by atoms with van der Waals surface area (Å²) in [6, 6.07) is 10.3. The Morgan fingerprint density at radius 3 is 2.41 bits per heavy atom. The molecular formula is C21H25N3O3. The van der Waals surface area contributed by atoms with Crippen LogP contribution in [-0.4, -0.2) is 52.7 Å². The number of benzene rings is 1. The van der Waals surface area contributed by atoms with E-state index in [-0.39, 0.29) is 5.91 Å². The quantitative estimate of drug-likeness (QED) is 0.837. The number of aryl methyl sites for hydroxylation is 1. The summed E-state index contributed by atoms with van der Waals surface area (Å²) in [6.07, 6.45) is 3.80. The minimum Gasteiger partial charge on any atom is -0.347 e. The minimum atomic E-state index is -0.461. The highest BCUT2D eigenvalue weighted by Crippen LogP contribution is 2.41. The molecule has 6 heteroatoms. The van der Waals surface area contributed by atoms with Gasteiger partial charge in [-0.15, -0.1) is 0 Å². The van der Waals surface area contributed by atoms with Crippen LogP contribution in [0.15, 0.2) is 30.3 Å². The van der Waals surface area contributed by atoms with Crippen LogP contribution in [0.2, 0.25) is 0 Å². The zero-order valence-electron chi connectivity index (χ0n) is 15.7. The van der Waals surface area contributed by atoms with Gasteiger partial charge < -0.3 is 14.4 Å². The van der Waals surface area contributed by atoms with Crippen LogP contribution in [-0.2, 0) is 9.47 Å². The number of hydrogen-bond acceptors (Lipinski definition) is 4. The predicted octanol–water partition coefficient (Wildman–Crippen LogP) is 3.04. The largest absolute Gasteiger partial charge is 0.347 e. The zero-order chi connectivity index (χ0) is 18.4. The Kier molecular flexibility index (Phi) is 4.06. The van der Waals surface area contributed by atoms with Gasteiger partial charge in [0.15, 0.2) is 11.5 Å². The number of ether oxygens (including phenoxy) is 2. The van der Waals surface area contributed by atoms with E-state index in [2.05, 4.69) is 31.2 Å². The molecule has 3 heterocycles. The molecule has 2 aliphatic heterocycles. The molecule has 0 bridgehead atoms. The van der Waals surface area contributed by atoms with Gasteiger partial charge in [-0.3, -0.25) is 4.79 Å². The number of hydrogen-bond donors (Lipinski definition) is 0. The van der Waals surface area contributed by atoms with Crippen LogP contribution >= 0.6 is 0 Å². The third kappa shape index (κ3) is 3.17.